The Hall–Kier alpha value is -1.89. The number of sulfonamides is 1. The third-order valence-electron chi connectivity index (χ3n) is 14.5. The normalized spacial score (nSPS) is 43.2. The van der Waals surface area contributed by atoms with Crippen LogP contribution in [0.15, 0.2) is 11.2 Å². The van der Waals surface area contributed by atoms with Crippen molar-refractivity contribution in [2.24, 2.45) is 24.8 Å². The van der Waals surface area contributed by atoms with Crippen LogP contribution >= 0.6 is 0 Å². The predicted octanol–water partition coefficient (Wildman–Crippen LogP) is 1.73. The van der Waals surface area contributed by atoms with E-state index in [0.717, 1.165) is 10.7 Å². The average molecular weight is 950 g/mol. The standard InChI is InChI=1S/C45H83N5O14S/c1-16-18-46-24-45(56)30(8)61-35(21-43(45,11)59-15)63-37-27(5)39(64-41-36(51)32(19-26(4)60-41)50(14)65(57,58)34-23-49(13)31(9)48-34)42(10,54)20-25(3)22-47-29(7)38(52)44(12,55)33(17-2)62-40(53)28(37)6/h23,25-30,32-33,35-39,41,46-47,51-52,54-56H,16-22,24H2,1-15H3/t25-,26-,27+,28-,29-,30+,32+,33-,35+,36-,37+,38-,39-,41+,42-,43-,44-,45+/m1/s1. The number of rotatable bonds is 13. The molecule has 65 heavy (non-hydrogen) atoms. The summed E-state index contributed by atoms with van der Waals surface area (Å²) in [4.78, 5) is 18.7. The van der Waals surface area contributed by atoms with Gasteiger partial charge in [0.1, 0.15) is 40.9 Å². The number of carbonyl (C=O) groups is 1. The Labute approximate surface area is 387 Å². The summed E-state index contributed by atoms with van der Waals surface area (Å²) in [6.45, 7) is 21.7. The summed E-state index contributed by atoms with van der Waals surface area (Å²) >= 11 is 0. The number of imidazole rings is 1. The van der Waals surface area contributed by atoms with Gasteiger partial charge in [-0.15, -0.1) is 0 Å². The van der Waals surface area contributed by atoms with Crippen molar-refractivity contribution in [3.8, 4) is 0 Å². The first-order valence-electron chi connectivity index (χ1n) is 23.4. The van der Waals surface area contributed by atoms with Gasteiger partial charge in [0.2, 0.25) is 0 Å². The molecule has 3 fully saturated rings. The number of hydrogen-bond donors (Lipinski definition) is 7. The molecule has 0 bridgehead atoms. The first-order chi connectivity index (χ1) is 30.0. The first-order valence-corrected chi connectivity index (χ1v) is 24.8. The van der Waals surface area contributed by atoms with E-state index in [2.05, 4.69) is 15.6 Å². The molecule has 1 aromatic rings. The van der Waals surface area contributed by atoms with Crippen LogP contribution in [0.5, 0.6) is 0 Å². The molecule has 0 saturated carbocycles. The van der Waals surface area contributed by atoms with Crippen LogP contribution in [0.2, 0.25) is 0 Å². The van der Waals surface area contributed by atoms with Gasteiger partial charge >= 0.3 is 5.97 Å². The summed E-state index contributed by atoms with van der Waals surface area (Å²) in [5.41, 5.74) is -6.34. The monoisotopic (exact) mass is 950 g/mol. The van der Waals surface area contributed by atoms with Gasteiger partial charge in [0.15, 0.2) is 17.6 Å². The van der Waals surface area contributed by atoms with Crippen molar-refractivity contribution in [2.75, 3.05) is 33.8 Å². The van der Waals surface area contributed by atoms with E-state index >= 15 is 0 Å². The molecule has 3 aliphatic heterocycles. The number of carbonyl (C=O) groups excluding carboxylic acids is 1. The topological polar surface area (TPSA) is 253 Å². The highest BCUT2D eigenvalue weighted by atomic mass is 32.2. The van der Waals surface area contributed by atoms with Gasteiger partial charge in [0.05, 0.1) is 42.0 Å². The van der Waals surface area contributed by atoms with Crippen molar-refractivity contribution < 1.29 is 67.2 Å². The zero-order chi connectivity index (χ0) is 49.2. The minimum absolute atomic E-state index is 0.0182. The quantitative estimate of drug-likeness (QED) is 0.110. The Bertz CT molecular complexity index is 1800. The second-order valence-corrected chi connectivity index (χ2v) is 21.9. The number of ether oxygens (including phenoxy) is 6. The van der Waals surface area contributed by atoms with E-state index in [1.165, 1.54) is 27.3 Å². The minimum Gasteiger partial charge on any atom is -0.459 e. The Balaban J connectivity index is 1.82. The van der Waals surface area contributed by atoms with E-state index in [1.54, 1.807) is 73.9 Å². The summed E-state index contributed by atoms with van der Waals surface area (Å²) in [7, 11) is 0.352. The zero-order valence-electron chi connectivity index (χ0n) is 41.5. The number of cyclic esters (lactones) is 1. The third-order valence-corrected chi connectivity index (χ3v) is 16.3. The minimum atomic E-state index is -4.20. The molecule has 18 atom stereocenters. The van der Waals surface area contributed by atoms with Crippen molar-refractivity contribution in [1.29, 1.82) is 0 Å². The van der Waals surface area contributed by atoms with Crippen molar-refractivity contribution in [3.05, 3.63) is 12.0 Å². The molecule has 19 nitrogen and oxygen atoms in total. The highest BCUT2D eigenvalue weighted by molar-refractivity contribution is 7.89. The first kappa shape index (κ1) is 55.7. The number of aromatic nitrogens is 2. The average Bonchev–Trinajstić information content (AvgIpc) is 3.59. The van der Waals surface area contributed by atoms with Crippen LogP contribution in [0.25, 0.3) is 0 Å². The van der Waals surface area contributed by atoms with Gasteiger partial charge < -0.3 is 69.2 Å². The molecule has 3 aliphatic rings. The number of aliphatic hydroxyl groups is 5. The molecule has 0 aliphatic carbocycles. The molecular weight excluding hydrogens is 867 g/mol. The molecule has 0 amide bonds. The maximum absolute atomic E-state index is 14.5. The lowest BCUT2D eigenvalue weighted by Gasteiger charge is -2.53. The summed E-state index contributed by atoms with van der Waals surface area (Å²) in [5, 5.41) is 66.5. The Morgan fingerprint density at radius 2 is 1.68 bits per heavy atom. The molecule has 1 aromatic heterocycles. The maximum Gasteiger partial charge on any atom is 0.311 e. The smallest absolute Gasteiger partial charge is 0.311 e. The molecule has 4 heterocycles. The van der Waals surface area contributed by atoms with E-state index < -0.39 is 118 Å². The molecule has 7 N–H and O–H groups in total. The number of hydrogen-bond acceptors (Lipinski definition) is 17. The highest BCUT2D eigenvalue weighted by Crippen LogP contribution is 2.43. The van der Waals surface area contributed by atoms with Crippen LogP contribution in [0, 0.1) is 24.7 Å². The van der Waals surface area contributed by atoms with E-state index in [9.17, 15) is 38.7 Å². The molecule has 0 radical (unpaired) electrons. The molecule has 4 rings (SSSR count). The molecule has 0 spiro atoms. The fourth-order valence-electron chi connectivity index (χ4n) is 10.0. The van der Waals surface area contributed by atoms with Gasteiger partial charge in [0, 0.05) is 52.3 Å². The van der Waals surface area contributed by atoms with Crippen molar-refractivity contribution in [2.45, 2.75) is 210 Å². The van der Waals surface area contributed by atoms with Crippen molar-refractivity contribution >= 4 is 16.0 Å². The van der Waals surface area contributed by atoms with Crippen LogP contribution in [0.1, 0.15) is 114 Å². The number of likely N-dealkylation sites (N-methyl/N-ethyl adjacent to an activating group) is 1. The van der Waals surface area contributed by atoms with E-state index in [1.807, 2.05) is 13.8 Å². The van der Waals surface area contributed by atoms with Crippen LogP contribution < -0.4 is 10.6 Å². The van der Waals surface area contributed by atoms with E-state index in [4.69, 9.17) is 28.4 Å². The van der Waals surface area contributed by atoms with Crippen molar-refractivity contribution in [1.82, 2.24) is 24.5 Å². The van der Waals surface area contributed by atoms with Gasteiger partial charge in [-0.05, 0) is 100 Å². The lowest BCUT2D eigenvalue weighted by atomic mass is 9.75. The SMILES string of the molecule is CCCNC[C@]1(O)[C@H](C)O[C@@H](O[C@H]2[C@H](C)[C@@H](O[C@@H]3O[C@H](C)C[C@H](N(C)S(=O)(=O)c4cn(C)c(C)n4)[C@H]3O)[C@](C)(O)C[C@@H](C)CN[C@H](C)[C@@H](O)[C@](C)(O)[C@@H](CC)OC(=O)[C@@H]2C)C[C@@]1(C)OC. The summed E-state index contributed by atoms with van der Waals surface area (Å²) in [5.74, 6) is -2.66. The van der Waals surface area contributed by atoms with Gasteiger partial charge in [-0.1, -0.05) is 27.7 Å². The van der Waals surface area contributed by atoms with Crippen molar-refractivity contribution in [3.63, 3.8) is 0 Å². The zero-order valence-corrected chi connectivity index (χ0v) is 42.3. The number of aliphatic hydroxyl groups excluding tert-OH is 2. The lowest BCUT2D eigenvalue weighted by Crippen LogP contribution is -2.70. The predicted molar refractivity (Wildman–Crippen MR) is 241 cm³/mol. The number of esters is 1. The van der Waals surface area contributed by atoms with Gasteiger partial charge in [0.25, 0.3) is 10.0 Å². The van der Waals surface area contributed by atoms with E-state index in [-0.39, 0.29) is 49.7 Å². The second kappa shape index (κ2) is 21.8. The number of methoxy groups -OCH3 is 1. The van der Waals surface area contributed by atoms with Gasteiger partial charge in [-0.3, -0.25) is 4.79 Å². The Morgan fingerprint density at radius 1 is 1.03 bits per heavy atom. The van der Waals surface area contributed by atoms with Gasteiger partial charge in [-0.2, -0.15) is 4.31 Å². The lowest BCUT2D eigenvalue weighted by molar-refractivity contribution is -0.336. The number of nitrogens with one attached hydrogen (secondary N) is 2. The van der Waals surface area contributed by atoms with Crippen LogP contribution in [0.3, 0.4) is 0 Å². The number of nitrogens with zero attached hydrogens (tertiary/aromatic N) is 3. The largest absolute Gasteiger partial charge is 0.459 e. The Kier molecular flexibility index (Phi) is 18.7. The maximum atomic E-state index is 14.5. The third kappa shape index (κ3) is 11.9. The molecular formula is C45H83N5O14S. The molecule has 3 saturated heterocycles. The summed E-state index contributed by atoms with van der Waals surface area (Å²) in [6.07, 6.45) is -7.94. The highest BCUT2D eigenvalue weighted by Gasteiger charge is 2.58. The molecule has 378 valence electrons. The van der Waals surface area contributed by atoms with Crippen LogP contribution in [-0.2, 0) is 50.3 Å². The van der Waals surface area contributed by atoms with E-state index in [0.29, 0.717) is 12.4 Å². The number of aryl methyl sites for hydroxylation is 2. The molecule has 0 aromatic carbocycles. The van der Waals surface area contributed by atoms with Crippen LogP contribution in [-0.4, -0.2) is 177 Å². The Morgan fingerprint density at radius 3 is 2.25 bits per heavy atom. The summed E-state index contributed by atoms with van der Waals surface area (Å²) < 4.78 is 68.9. The van der Waals surface area contributed by atoms with Gasteiger partial charge in [-0.25, -0.2) is 13.4 Å². The molecule has 0 unspecified atom stereocenters. The second-order valence-electron chi connectivity index (χ2n) is 20.0. The summed E-state index contributed by atoms with van der Waals surface area (Å²) in [6, 6.07) is -1.71. The fourth-order valence-corrected chi connectivity index (χ4v) is 11.4. The molecule has 20 heteroatoms. The van der Waals surface area contributed by atoms with Crippen LogP contribution in [0.4, 0.5) is 0 Å². The fraction of sp³-hybridized carbons (Fsp3) is 0.911.